The maximum Gasteiger partial charge on any atom is 0.261 e. The molecule has 39 heavy (non-hydrogen) atoms. The zero-order valence-corrected chi connectivity index (χ0v) is 22.9. The van der Waals surface area contributed by atoms with Gasteiger partial charge >= 0.3 is 0 Å². The molecule has 2 heterocycles. The van der Waals surface area contributed by atoms with Gasteiger partial charge in [0.15, 0.2) is 0 Å². The summed E-state index contributed by atoms with van der Waals surface area (Å²) in [6.45, 7) is 5.14. The molecule has 11 heteroatoms. The molecule has 1 amide bonds. The molecule has 0 saturated heterocycles. The fraction of sp³-hybridized carbons (Fsp3) is 0.357. The highest BCUT2D eigenvalue weighted by molar-refractivity contribution is 7.92. The summed E-state index contributed by atoms with van der Waals surface area (Å²) < 4.78 is 47.9. The molecule has 2 aromatic carbocycles. The van der Waals surface area contributed by atoms with Gasteiger partial charge in [0.1, 0.15) is 17.7 Å². The largest absolute Gasteiger partial charge is 0.488 e. The number of halogens is 1. The topological polar surface area (TPSA) is 112 Å². The highest BCUT2D eigenvalue weighted by Gasteiger charge is 2.33. The van der Waals surface area contributed by atoms with E-state index in [-0.39, 0.29) is 40.7 Å². The van der Waals surface area contributed by atoms with Gasteiger partial charge in [0.05, 0.1) is 23.1 Å². The summed E-state index contributed by atoms with van der Waals surface area (Å²) in [4.78, 5) is 21.3. The molecule has 0 aliphatic carbocycles. The smallest absolute Gasteiger partial charge is 0.261 e. The third-order valence-corrected chi connectivity index (χ3v) is 8.13. The van der Waals surface area contributed by atoms with E-state index in [1.165, 1.54) is 24.3 Å². The van der Waals surface area contributed by atoms with Gasteiger partial charge in [0, 0.05) is 43.6 Å². The van der Waals surface area contributed by atoms with Crippen LogP contribution in [0.25, 0.3) is 0 Å². The fourth-order valence-corrected chi connectivity index (χ4v) is 5.55. The van der Waals surface area contributed by atoms with Crippen molar-refractivity contribution in [2.75, 3.05) is 31.5 Å². The Hall–Kier alpha value is -3.54. The molecular formula is C28H33FN4O5S. The van der Waals surface area contributed by atoms with E-state index in [1.54, 1.807) is 30.3 Å². The van der Waals surface area contributed by atoms with E-state index in [4.69, 9.17) is 4.74 Å². The van der Waals surface area contributed by atoms with E-state index in [1.807, 2.05) is 26.1 Å². The maximum atomic E-state index is 13.6. The van der Waals surface area contributed by atoms with Crippen molar-refractivity contribution in [1.29, 1.82) is 0 Å². The van der Waals surface area contributed by atoms with Crippen LogP contribution in [0.15, 0.2) is 71.9 Å². The Morgan fingerprint density at radius 2 is 1.87 bits per heavy atom. The number of aromatic nitrogens is 1. The van der Waals surface area contributed by atoms with Crippen LogP contribution >= 0.6 is 0 Å². The Bertz CT molecular complexity index is 1390. The van der Waals surface area contributed by atoms with Crippen LogP contribution in [0.1, 0.15) is 29.8 Å². The average molecular weight is 557 g/mol. The molecule has 3 atom stereocenters. The van der Waals surface area contributed by atoms with Crippen LogP contribution in [0.2, 0.25) is 0 Å². The Morgan fingerprint density at radius 1 is 1.18 bits per heavy atom. The molecule has 1 aliphatic rings. The molecule has 0 saturated carbocycles. The molecule has 208 valence electrons. The number of rotatable bonds is 9. The van der Waals surface area contributed by atoms with Gasteiger partial charge in [0.25, 0.3) is 15.9 Å². The number of nitrogens with zero attached hydrogens (tertiary/aromatic N) is 3. The third kappa shape index (κ3) is 6.92. The van der Waals surface area contributed by atoms with Crippen molar-refractivity contribution in [2.45, 2.75) is 37.4 Å². The first kappa shape index (κ1) is 28.5. The van der Waals surface area contributed by atoms with E-state index in [0.29, 0.717) is 25.4 Å². The summed E-state index contributed by atoms with van der Waals surface area (Å²) >= 11 is 0. The number of hydrogen-bond donors (Lipinski definition) is 2. The second kappa shape index (κ2) is 12.1. The number of likely N-dealkylation sites (N-methyl/N-ethyl adjacent to an activating group) is 1. The molecule has 9 nitrogen and oxygen atoms in total. The van der Waals surface area contributed by atoms with Crippen molar-refractivity contribution in [2.24, 2.45) is 5.92 Å². The van der Waals surface area contributed by atoms with Gasteiger partial charge in [0.2, 0.25) is 0 Å². The molecule has 1 aliphatic heterocycles. The van der Waals surface area contributed by atoms with Crippen LogP contribution < -0.4 is 9.46 Å². The fourth-order valence-electron chi connectivity index (χ4n) is 4.50. The minimum absolute atomic E-state index is 0.0624. The maximum absolute atomic E-state index is 13.6. The van der Waals surface area contributed by atoms with Crippen LogP contribution in [0.4, 0.5) is 10.1 Å². The molecule has 4 rings (SSSR count). The molecule has 0 radical (unpaired) electrons. The molecular weight excluding hydrogens is 523 g/mol. The predicted octanol–water partition coefficient (Wildman–Crippen LogP) is 3.37. The number of carbonyl (C=O) groups excluding carboxylic acids is 1. The molecule has 3 aromatic rings. The normalized spacial score (nSPS) is 18.6. The molecule has 1 aromatic heterocycles. The van der Waals surface area contributed by atoms with Gasteiger partial charge in [-0.05, 0) is 74.1 Å². The lowest BCUT2D eigenvalue weighted by Crippen LogP contribution is -2.49. The van der Waals surface area contributed by atoms with Crippen LogP contribution in [-0.2, 0) is 16.6 Å². The molecule has 0 fully saturated rings. The van der Waals surface area contributed by atoms with Crippen LogP contribution in [0, 0.1) is 11.7 Å². The average Bonchev–Trinajstić information content (AvgIpc) is 2.91. The first-order valence-electron chi connectivity index (χ1n) is 12.7. The number of amides is 1. The summed E-state index contributed by atoms with van der Waals surface area (Å²) in [5.74, 6) is -0.655. The van der Waals surface area contributed by atoms with Crippen molar-refractivity contribution < 1.29 is 27.4 Å². The monoisotopic (exact) mass is 556 g/mol. The zero-order valence-electron chi connectivity index (χ0n) is 22.1. The third-order valence-electron chi connectivity index (χ3n) is 6.73. The van der Waals surface area contributed by atoms with Gasteiger partial charge < -0.3 is 14.7 Å². The Labute approximate surface area is 228 Å². The quantitative estimate of drug-likeness (QED) is 0.416. The van der Waals surface area contributed by atoms with Gasteiger partial charge in [-0.15, -0.1) is 0 Å². The summed E-state index contributed by atoms with van der Waals surface area (Å²) in [6.07, 6.45) is 3.20. The number of aliphatic hydroxyl groups excluding tert-OH is 1. The minimum atomic E-state index is -4.02. The second-order valence-electron chi connectivity index (χ2n) is 9.95. The van der Waals surface area contributed by atoms with E-state index >= 15 is 0 Å². The minimum Gasteiger partial charge on any atom is -0.488 e. The van der Waals surface area contributed by atoms with E-state index in [9.17, 15) is 22.7 Å². The number of aliphatic hydroxyl groups is 1. The van der Waals surface area contributed by atoms with Crippen LogP contribution in [-0.4, -0.2) is 73.1 Å². The van der Waals surface area contributed by atoms with E-state index in [2.05, 4.69) is 14.6 Å². The first-order chi connectivity index (χ1) is 18.6. The van der Waals surface area contributed by atoms with E-state index < -0.39 is 21.9 Å². The van der Waals surface area contributed by atoms with E-state index in [0.717, 1.165) is 17.7 Å². The second-order valence-corrected chi connectivity index (χ2v) is 11.6. The zero-order chi connectivity index (χ0) is 28.2. The summed E-state index contributed by atoms with van der Waals surface area (Å²) in [5.41, 5.74) is 1.45. The summed E-state index contributed by atoms with van der Waals surface area (Å²) in [6, 6.07) is 12.4. The Morgan fingerprint density at radius 3 is 2.54 bits per heavy atom. The lowest BCUT2D eigenvalue weighted by Gasteiger charge is -2.38. The lowest BCUT2D eigenvalue weighted by atomic mass is 9.99. The molecule has 0 spiro atoms. The first-order valence-corrected chi connectivity index (χ1v) is 14.1. The number of hydrogen-bond acceptors (Lipinski definition) is 7. The highest BCUT2D eigenvalue weighted by atomic mass is 32.2. The van der Waals surface area contributed by atoms with Gasteiger partial charge in [-0.2, -0.15) is 0 Å². The van der Waals surface area contributed by atoms with Gasteiger partial charge in [-0.25, -0.2) is 12.8 Å². The molecule has 0 unspecified atom stereocenters. The SMILES string of the molecule is C[C@@H]1CN([C@@H](C)CO)C(=O)c2cc(NS(=O)(=O)c3ccc(F)cc3)ccc2O[C@@H]1CN(C)Cc1ccncc1. The molecule has 2 N–H and O–H groups in total. The number of nitrogens with one attached hydrogen (secondary N) is 1. The number of anilines is 1. The van der Waals surface area contributed by atoms with Gasteiger partial charge in [-0.1, -0.05) is 6.92 Å². The van der Waals surface area contributed by atoms with Crippen molar-refractivity contribution in [3.63, 3.8) is 0 Å². The van der Waals surface area contributed by atoms with Crippen molar-refractivity contribution in [3.05, 3.63) is 83.9 Å². The highest BCUT2D eigenvalue weighted by Crippen LogP contribution is 2.31. The summed E-state index contributed by atoms with van der Waals surface area (Å²) in [5, 5.41) is 9.87. The van der Waals surface area contributed by atoms with Crippen molar-refractivity contribution in [1.82, 2.24) is 14.8 Å². The number of sulfonamides is 1. The number of ether oxygens (including phenoxy) is 1. The lowest BCUT2D eigenvalue weighted by molar-refractivity contribution is 0.0341. The number of fused-ring (bicyclic) bond motifs is 1. The van der Waals surface area contributed by atoms with Crippen molar-refractivity contribution >= 4 is 21.6 Å². The van der Waals surface area contributed by atoms with Crippen LogP contribution in [0.3, 0.4) is 0 Å². The number of carbonyl (C=O) groups is 1. The Kier molecular flexibility index (Phi) is 8.83. The Balaban J connectivity index is 1.63. The number of pyridine rings is 1. The van der Waals surface area contributed by atoms with Crippen LogP contribution in [0.5, 0.6) is 5.75 Å². The number of benzene rings is 2. The molecule has 0 bridgehead atoms. The summed E-state index contributed by atoms with van der Waals surface area (Å²) in [7, 11) is -2.03. The standard InChI is InChI=1S/C28H33FN4O5S/c1-19-15-33(20(2)18-34)28(35)25-14-23(31-39(36,37)24-7-4-22(29)5-8-24)6-9-26(25)38-27(19)17-32(3)16-21-10-12-30-13-11-21/h4-14,19-20,27,31,34H,15-18H2,1-3H3/t19-,20+,27-/m1/s1. The van der Waals surface area contributed by atoms with Gasteiger partial charge in [-0.3, -0.25) is 19.4 Å². The predicted molar refractivity (Wildman–Crippen MR) is 145 cm³/mol. The van der Waals surface area contributed by atoms with Crippen molar-refractivity contribution in [3.8, 4) is 5.75 Å².